The molecule has 0 amide bonds. The van der Waals surface area contributed by atoms with Gasteiger partial charge >= 0.3 is 0 Å². The number of para-hydroxylation sites is 1. The molecule has 0 fully saturated rings. The first kappa shape index (κ1) is 19.4. The van der Waals surface area contributed by atoms with Crippen LogP contribution in [0, 0.1) is 5.82 Å². The lowest BCUT2D eigenvalue weighted by Crippen LogP contribution is -1.95. The fourth-order valence-electron chi connectivity index (χ4n) is 3.07. The standard InChI is InChI=1S/C24H20FN3O2/c1-29-22-13-8-17(14-23(22)30-2)24-18(15-26-20-11-9-19(25)10-12-20)16-28(27-24)21-6-4-3-5-7-21/h3-16H,1-2H3. The average Bonchev–Trinajstić information content (AvgIpc) is 3.23. The van der Waals surface area contributed by atoms with Gasteiger partial charge in [-0.05, 0) is 54.6 Å². The summed E-state index contributed by atoms with van der Waals surface area (Å²) in [4.78, 5) is 4.49. The molecule has 0 aliphatic rings. The minimum Gasteiger partial charge on any atom is -0.493 e. The van der Waals surface area contributed by atoms with Crippen molar-refractivity contribution < 1.29 is 13.9 Å². The van der Waals surface area contributed by atoms with Gasteiger partial charge in [-0.15, -0.1) is 0 Å². The number of hydrogen-bond acceptors (Lipinski definition) is 4. The molecular weight excluding hydrogens is 381 g/mol. The molecule has 1 heterocycles. The molecule has 0 spiro atoms. The summed E-state index contributed by atoms with van der Waals surface area (Å²) >= 11 is 0. The maximum absolute atomic E-state index is 13.2. The van der Waals surface area contributed by atoms with Gasteiger partial charge in [0.15, 0.2) is 11.5 Å². The van der Waals surface area contributed by atoms with Crippen LogP contribution in [0.15, 0.2) is 84.0 Å². The zero-order valence-corrected chi connectivity index (χ0v) is 16.6. The van der Waals surface area contributed by atoms with E-state index in [4.69, 9.17) is 14.6 Å². The third-order valence-electron chi connectivity index (χ3n) is 4.60. The van der Waals surface area contributed by atoms with Crippen LogP contribution in [0.3, 0.4) is 0 Å². The molecule has 4 rings (SSSR count). The molecule has 0 atom stereocenters. The molecule has 4 aromatic rings. The van der Waals surface area contributed by atoms with E-state index >= 15 is 0 Å². The molecule has 150 valence electrons. The fourth-order valence-corrected chi connectivity index (χ4v) is 3.07. The van der Waals surface area contributed by atoms with Gasteiger partial charge in [-0.3, -0.25) is 4.99 Å². The maximum Gasteiger partial charge on any atom is 0.161 e. The first-order chi connectivity index (χ1) is 14.7. The van der Waals surface area contributed by atoms with Gasteiger partial charge in [-0.25, -0.2) is 9.07 Å². The zero-order valence-electron chi connectivity index (χ0n) is 16.6. The van der Waals surface area contributed by atoms with Crippen LogP contribution in [0.4, 0.5) is 10.1 Å². The van der Waals surface area contributed by atoms with Crippen molar-refractivity contribution in [2.45, 2.75) is 0 Å². The fraction of sp³-hybridized carbons (Fsp3) is 0.0833. The van der Waals surface area contributed by atoms with E-state index in [1.54, 1.807) is 37.2 Å². The smallest absolute Gasteiger partial charge is 0.161 e. The van der Waals surface area contributed by atoms with Crippen LogP contribution >= 0.6 is 0 Å². The summed E-state index contributed by atoms with van der Waals surface area (Å²) in [7, 11) is 3.20. The third-order valence-corrected chi connectivity index (χ3v) is 4.60. The van der Waals surface area contributed by atoms with Crippen molar-refractivity contribution in [3.63, 3.8) is 0 Å². The van der Waals surface area contributed by atoms with Crippen LogP contribution in [-0.2, 0) is 0 Å². The number of benzene rings is 3. The number of hydrogen-bond donors (Lipinski definition) is 0. The molecule has 0 bridgehead atoms. The van der Waals surface area contributed by atoms with Gasteiger partial charge in [0.2, 0.25) is 0 Å². The highest BCUT2D eigenvalue weighted by Crippen LogP contribution is 2.33. The Morgan fingerprint density at radius 3 is 2.33 bits per heavy atom. The van der Waals surface area contributed by atoms with E-state index in [1.165, 1.54) is 12.1 Å². The van der Waals surface area contributed by atoms with Crippen molar-refractivity contribution in [2.75, 3.05) is 14.2 Å². The minimum atomic E-state index is -0.295. The van der Waals surface area contributed by atoms with E-state index in [0.717, 1.165) is 22.5 Å². The molecule has 1 aromatic heterocycles. The van der Waals surface area contributed by atoms with Crippen LogP contribution in [-0.4, -0.2) is 30.2 Å². The van der Waals surface area contributed by atoms with E-state index < -0.39 is 0 Å². The van der Waals surface area contributed by atoms with Gasteiger partial charge in [0.1, 0.15) is 11.5 Å². The van der Waals surface area contributed by atoms with Crippen molar-refractivity contribution in [1.82, 2.24) is 9.78 Å². The van der Waals surface area contributed by atoms with Gasteiger partial charge < -0.3 is 9.47 Å². The summed E-state index contributed by atoms with van der Waals surface area (Å²) in [5, 5.41) is 4.78. The Hall–Kier alpha value is -3.93. The van der Waals surface area contributed by atoms with Crippen molar-refractivity contribution in [2.24, 2.45) is 4.99 Å². The number of rotatable bonds is 6. The molecule has 0 unspecified atom stereocenters. The number of halogens is 1. The van der Waals surface area contributed by atoms with Crippen molar-refractivity contribution in [3.05, 3.63) is 90.4 Å². The number of nitrogens with zero attached hydrogens (tertiary/aromatic N) is 3. The first-order valence-corrected chi connectivity index (χ1v) is 9.35. The zero-order chi connectivity index (χ0) is 20.9. The molecule has 0 N–H and O–H groups in total. The van der Waals surface area contributed by atoms with Gasteiger partial charge in [-0.1, -0.05) is 18.2 Å². The predicted octanol–water partition coefficient (Wildman–Crippen LogP) is 5.45. The van der Waals surface area contributed by atoms with Crippen LogP contribution in [0.25, 0.3) is 16.9 Å². The quantitative estimate of drug-likeness (QED) is 0.404. The Bertz CT molecular complexity index is 1170. The van der Waals surface area contributed by atoms with Crippen LogP contribution < -0.4 is 9.47 Å². The van der Waals surface area contributed by atoms with Crippen LogP contribution in [0.1, 0.15) is 5.56 Å². The molecule has 0 aliphatic heterocycles. The maximum atomic E-state index is 13.2. The van der Waals surface area contributed by atoms with Gasteiger partial charge in [0.05, 0.1) is 25.6 Å². The van der Waals surface area contributed by atoms with E-state index in [-0.39, 0.29) is 5.82 Å². The van der Waals surface area contributed by atoms with E-state index in [1.807, 2.05) is 54.7 Å². The highest BCUT2D eigenvalue weighted by molar-refractivity contribution is 5.90. The first-order valence-electron chi connectivity index (χ1n) is 9.35. The summed E-state index contributed by atoms with van der Waals surface area (Å²) < 4.78 is 25.8. The summed E-state index contributed by atoms with van der Waals surface area (Å²) in [6, 6.07) is 21.5. The normalized spacial score (nSPS) is 11.0. The number of aliphatic imine (C=N–C) groups is 1. The van der Waals surface area contributed by atoms with Crippen LogP contribution in [0.2, 0.25) is 0 Å². The summed E-state index contributed by atoms with van der Waals surface area (Å²) in [6.45, 7) is 0. The molecular formula is C24H20FN3O2. The van der Waals surface area contributed by atoms with E-state index in [2.05, 4.69) is 4.99 Å². The molecule has 6 heteroatoms. The van der Waals surface area contributed by atoms with E-state index in [0.29, 0.717) is 17.2 Å². The highest BCUT2D eigenvalue weighted by atomic mass is 19.1. The lowest BCUT2D eigenvalue weighted by Gasteiger charge is -2.09. The van der Waals surface area contributed by atoms with E-state index in [9.17, 15) is 4.39 Å². The summed E-state index contributed by atoms with van der Waals surface area (Å²) in [5.74, 6) is 0.966. The Labute approximate surface area is 174 Å². The lowest BCUT2D eigenvalue weighted by atomic mass is 10.1. The second-order valence-corrected chi connectivity index (χ2v) is 6.52. The third kappa shape index (κ3) is 4.07. The van der Waals surface area contributed by atoms with Gasteiger partial charge in [-0.2, -0.15) is 5.10 Å². The Balaban J connectivity index is 1.79. The molecule has 3 aromatic carbocycles. The number of methoxy groups -OCH3 is 2. The van der Waals surface area contributed by atoms with Gasteiger partial charge in [0.25, 0.3) is 0 Å². The summed E-state index contributed by atoms with van der Waals surface area (Å²) in [6.07, 6.45) is 3.64. The van der Waals surface area contributed by atoms with Crippen LogP contribution in [0.5, 0.6) is 11.5 Å². The molecule has 0 saturated carbocycles. The second kappa shape index (κ2) is 8.61. The predicted molar refractivity (Wildman–Crippen MR) is 116 cm³/mol. The molecule has 0 radical (unpaired) electrons. The molecule has 30 heavy (non-hydrogen) atoms. The van der Waals surface area contributed by atoms with Gasteiger partial charge in [0, 0.05) is 23.5 Å². The molecule has 5 nitrogen and oxygen atoms in total. The monoisotopic (exact) mass is 401 g/mol. The lowest BCUT2D eigenvalue weighted by molar-refractivity contribution is 0.355. The number of ether oxygens (including phenoxy) is 2. The molecule has 0 saturated heterocycles. The average molecular weight is 401 g/mol. The minimum absolute atomic E-state index is 0.295. The Morgan fingerprint density at radius 2 is 1.63 bits per heavy atom. The molecule has 0 aliphatic carbocycles. The Morgan fingerprint density at radius 1 is 0.900 bits per heavy atom. The SMILES string of the molecule is COc1ccc(-c2nn(-c3ccccc3)cc2C=Nc2ccc(F)cc2)cc1OC. The van der Waals surface area contributed by atoms with Crippen molar-refractivity contribution >= 4 is 11.9 Å². The summed E-state index contributed by atoms with van der Waals surface area (Å²) in [5.41, 5.74) is 4.01. The Kier molecular flexibility index (Phi) is 5.57. The largest absolute Gasteiger partial charge is 0.493 e. The second-order valence-electron chi connectivity index (χ2n) is 6.52. The van der Waals surface area contributed by atoms with Crippen molar-refractivity contribution in [1.29, 1.82) is 0 Å². The van der Waals surface area contributed by atoms with Crippen molar-refractivity contribution in [3.8, 4) is 28.4 Å². The highest BCUT2D eigenvalue weighted by Gasteiger charge is 2.14. The number of aromatic nitrogens is 2. The topological polar surface area (TPSA) is 48.6 Å².